The predicted molar refractivity (Wildman–Crippen MR) is 120 cm³/mol. The molecule has 6 heteroatoms. The summed E-state index contributed by atoms with van der Waals surface area (Å²) < 4.78 is 11.3. The minimum atomic E-state index is -0.614. The number of benzene rings is 2. The number of fused-ring (bicyclic) bond motifs is 2. The fourth-order valence-corrected chi connectivity index (χ4v) is 5.47. The summed E-state index contributed by atoms with van der Waals surface area (Å²) >= 11 is 0. The van der Waals surface area contributed by atoms with Crippen molar-refractivity contribution >= 4 is 11.8 Å². The number of rotatable bonds is 5. The molecule has 0 radical (unpaired) electrons. The highest BCUT2D eigenvalue weighted by Crippen LogP contribution is 2.36. The van der Waals surface area contributed by atoms with E-state index in [2.05, 4.69) is 17.4 Å². The van der Waals surface area contributed by atoms with Crippen LogP contribution in [0.3, 0.4) is 0 Å². The van der Waals surface area contributed by atoms with Crippen LogP contribution in [0.4, 0.5) is 0 Å². The van der Waals surface area contributed by atoms with Crippen LogP contribution in [0.1, 0.15) is 47.2 Å². The van der Waals surface area contributed by atoms with Gasteiger partial charge in [-0.25, -0.2) is 0 Å². The summed E-state index contributed by atoms with van der Waals surface area (Å²) in [7, 11) is 1.68. The van der Waals surface area contributed by atoms with Crippen LogP contribution in [0.25, 0.3) is 0 Å². The maximum atomic E-state index is 13.7. The second kappa shape index (κ2) is 9.04. The lowest BCUT2D eigenvalue weighted by Crippen LogP contribution is -2.51. The van der Waals surface area contributed by atoms with E-state index < -0.39 is 6.04 Å². The van der Waals surface area contributed by atoms with Gasteiger partial charge in [-0.2, -0.15) is 0 Å². The topological polar surface area (TPSA) is 67.9 Å². The first-order chi connectivity index (χ1) is 15.7. The smallest absolute Gasteiger partial charge is 0.247 e. The molecule has 3 unspecified atom stereocenters. The highest BCUT2D eigenvalue weighted by Gasteiger charge is 2.41. The van der Waals surface area contributed by atoms with Gasteiger partial charge < -0.3 is 19.7 Å². The van der Waals surface area contributed by atoms with Gasteiger partial charge in [0.1, 0.15) is 12.1 Å². The van der Waals surface area contributed by atoms with E-state index in [0.717, 1.165) is 49.2 Å². The summed E-state index contributed by atoms with van der Waals surface area (Å²) in [6.07, 6.45) is 2.72. The summed E-state index contributed by atoms with van der Waals surface area (Å²) in [5.41, 5.74) is 4.20. The molecule has 2 aromatic carbocycles. The van der Waals surface area contributed by atoms with Gasteiger partial charge in [0.05, 0.1) is 12.5 Å². The zero-order valence-electron chi connectivity index (χ0n) is 18.5. The third-order valence-corrected chi connectivity index (χ3v) is 7.12. The Kier molecular flexibility index (Phi) is 5.98. The Morgan fingerprint density at radius 3 is 2.50 bits per heavy atom. The molecule has 2 amide bonds. The molecule has 1 fully saturated rings. The number of methoxy groups -OCH3 is 1. The molecule has 0 spiro atoms. The lowest BCUT2D eigenvalue weighted by molar-refractivity contribution is -0.143. The molecule has 1 N–H and O–H groups in total. The lowest BCUT2D eigenvalue weighted by Gasteiger charge is -2.39. The van der Waals surface area contributed by atoms with Crippen LogP contribution in [0, 0.1) is 5.92 Å². The minimum absolute atomic E-state index is 0.0216. The molecule has 3 aliphatic rings. The number of carbonyl (C=O) groups excluding carboxylic acids is 2. The maximum Gasteiger partial charge on any atom is 0.247 e. The van der Waals surface area contributed by atoms with Crippen LogP contribution in [0.15, 0.2) is 48.5 Å². The Morgan fingerprint density at radius 2 is 1.75 bits per heavy atom. The molecule has 2 aromatic rings. The normalized spacial score (nSPS) is 25.3. The predicted octanol–water partition coefficient (Wildman–Crippen LogP) is 2.97. The maximum absolute atomic E-state index is 13.7. The Balaban J connectivity index is 1.41. The van der Waals surface area contributed by atoms with Crippen LogP contribution in [0.5, 0.6) is 0 Å². The number of nitrogens with zero attached hydrogens (tertiary/aromatic N) is 1. The molecule has 6 nitrogen and oxygen atoms in total. The Morgan fingerprint density at radius 1 is 1.06 bits per heavy atom. The second-order valence-electron chi connectivity index (χ2n) is 9.05. The van der Waals surface area contributed by atoms with Crippen molar-refractivity contribution in [2.45, 2.75) is 43.9 Å². The largest absolute Gasteiger partial charge is 0.381 e. The molecule has 1 aliphatic carbocycles. The number of ether oxygens (including phenoxy) is 2. The van der Waals surface area contributed by atoms with Crippen molar-refractivity contribution in [3.63, 3.8) is 0 Å². The minimum Gasteiger partial charge on any atom is -0.381 e. The van der Waals surface area contributed by atoms with Crippen LogP contribution in [-0.4, -0.2) is 49.6 Å². The van der Waals surface area contributed by atoms with Crippen molar-refractivity contribution in [2.24, 2.45) is 5.92 Å². The number of amides is 2. The SMILES string of the molecule is COC1c2ccccc2CC1NC(=O)C1c2ccccc2CC(=O)N1CC1CCOCC1. The molecule has 2 aliphatic heterocycles. The van der Waals surface area contributed by atoms with E-state index in [-0.39, 0.29) is 24.0 Å². The third kappa shape index (κ3) is 3.93. The van der Waals surface area contributed by atoms with Crippen molar-refractivity contribution in [2.75, 3.05) is 26.9 Å². The monoisotopic (exact) mass is 434 g/mol. The Hall–Kier alpha value is -2.70. The van der Waals surface area contributed by atoms with E-state index in [4.69, 9.17) is 9.47 Å². The van der Waals surface area contributed by atoms with Gasteiger partial charge in [0, 0.05) is 26.9 Å². The third-order valence-electron chi connectivity index (χ3n) is 7.12. The number of hydrogen-bond donors (Lipinski definition) is 1. The van der Waals surface area contributed by atoms with Gasteiger partial charge in [0.2, 0.25) is 11.8 Å². The van der Waals surface area contributed by atoms with Crippen LogP contribution < -0.4 is 5.32 Å². The van der Waals surface area contributed by atoms with E-state index in [0.29, 0.717) is 18.9 Å². The van der Waals surface area contributed by atoms with Crippen molar-refractivity contribution in [1.29, 1.82) is 0 Å². The van der Waals surface area contributed by atoms with Crippen LogP contribution >= 0.6 is 0 Å². The lowest BCUT2D eigenvalue weighted by atomic mass is 9.89. The fraction of sp³-hybridized carbons (Fsp3) is 0.462. The average molecular weight is 435 g/mol. The number of hydrogen-bond acceptors (Lipinski definition) is 4. The molecule has 2 heterocycles. The van der Waals surface area contributed by atoms with Gasteiger partial charge in [0.25, 0.3) is 0 Å². The van der Waals surface area contributed by atoms with Crippen molar-refractivity contribution in [3.8, 4) is 0 Å². The van der Waals surface area contributed by atoms with Crippen molar-refractivity contribution < 1.29 is 19.1 Å². The first kappa shape index (κ1) is 21.2. The first-order valence-electron chi connectivity index (χ1n) is 11.5. The molecule has 0 saturated carbocycles. The van der Waals surface area contributed by atoms with Gasteiger partial charge in [0.15, 0.2) is 0 Å². The van der Waals surface area contributed by atoms with Crippen LogP contribution in [-0.2, 0) is 31.9 Å². The highest BCUT2D eigenvalue weighted by molar-refractivity contribution is 5.92. The van der Waals surface area contributed by atoms with Crippen molar-refractivity contribution in [1.82, 2.24) is 10.2 Å². The van der Waals surface area contributed by atoms with Gasteiger partial charge in [-0.15, -0.1) is 0 Å². The summed E-state index contributed by atoms with van der Waals surface area (Å²) in [5, 5.41) is 3.24. The quantitative estimate of drug-likeness (QED) is 0.786. The zero-order valence-corrected chi connectivity index (χ0v) is 18.5. The summed E-state index contributed by atoms with van der Waals surface area (Å²) in [6, 6.07) is 15.2. The molecule has 32 heavy (non-hydrogen) atoms. The summed E-state index contributed by atoms with van der Waals surface area (Å²) in [5.74, 6) is 0.251. The molecule has 0 aromatic heterocycles. The van der Waals surface area contributed by atoms with Gasteiger partial charge in [-0.05, 0) is 47.4 Å². The molecular formula is C26H30N2O4. The Labute approximate surface area is 188 Å². The van der Waals surface area contributed by atoms with E-state index in [1.807, 2.05) is 36.4 Å². The number of nitrogens with one attached hydrogen (secondary N) is 1. The highest BCUT2D eigenvalue weighted by atomic mass is 16.5. The van der Waals surface area contributed by atoms with E-state index in [1.54, 1.807) is 12.0 Å². The molecule has 5 rings (SSSR count). The average Bonchev–Trinajstić information content (AvgIpc) is 3.17. The van der Waals surface area contributed by atoms with Crippen LogP contribution in [0.2, 0.25) is 0 Å². The summed E-state index contributed by atoms with van der Waals surface area (Å²) in [4.78, 5) is 28.7. The molecule has 0 bridgehead atoms. The second-order valence-corrected chi connectivity index (χ2v) is 9.05. The Bertz CT molecular complexity index is 1000. The zero-order chi connectivity index (χ0) is 22.1. The van der Waals surface area contributed by atoms with E-state index in [1.165, 1.54) is 5.56 Å². The first-order valence-corrected chi connectivity index (χ1v) is 11.5. The number of carbonyl (C=O) groups is 2. The molecule has 1 saturated heterocycles. The molecule has 168 valence electrons. The van der Waals surface area contributed by atoms with Gasteiger partial charge >= 0.3 is 0 Å². The van der Waals surface area contributed by atoms with E-state index in [9.17, 15) is 9.59 Å². The summed E-state index contributed by atoms with van der Waals surface area (Å²) in [6.45, 7) is 2.03. The van der Waals surface area contributed by atoms with E-state index >= 15 is 0 Å². The van der Waals surface area contributed by atoms with Crippen molar-refractivity contribution in [3.05, 3.63) is 70.8 Å². The van der Waals surface area contributed by atoms with Gasteiger partial charge in [-0.3, -0.25) is 9.59 Å². The molecule has 3 atom stereocenters. The molecular weight excluding hydrogens is 404 g/mol. The standard InChI is InChI=1S/C26H30N2O4/c1-31-25-21-9-5-3-6-18(21)14-22(25)27-26(30)24-20-8-4-2-7-19(20)15-23(29)28(24)16-17-10-12-32-13-11-17/h2-9,17,22,24-25H,10-16H2,1H3,(H,27,30). The van der Waals surface area contributed by atoms with Gasteiger partial charge in [-0.1, -0.05) is 48.5 Å². The fourth-order valence-electron chi connectivity index (χ4n) is 5.47.